The van der Waals surface area contributed by atoms with E-state index in [4.69, 9.17) is 4.74 Å². The number of rotatable bonds is 2. The van der Waals surface area contributed by atoms with Crippen LogP contribution in [-0.4, -0.2) is 18.4 Å². The van der Waals surface area contributed by atoms with E-state index < -0.39 is 0 Å². The Morgan fingerprint density at radius 2 is 2.25 bits per heavy atom. The number of aliphatic imine (C=N–C) groups is 1. The summed E-state index contributed by atoms with van der Waals surface area (Å²) >= 11 is 0. The molecule has 0 N–H and O–H groups in total. The lowest BCUT2D eigenvalue weighted by Gasteiger charge is -2.12. The summed E-state index contributed by atoms with van der Waals surface area (Å²) in [5, 5.41) is 0. The van der Waals surface area contributed by atoms with Crippen LogP contribution < -0.4 is 0 Å². The van der Waals surface area contributed by atoms with E-state index in [1.165, 1.54) is 32.1 Å². The van der Waals surface area contributed by atoms with Crippen molar-refractivity contribution in [3.63, 3.8) is 0 Å². The molecule has 0 saturated heterocycles. The highest BCUT2D eigenvalue weighted by Crippen LogP contribution is 2.29. The molecule has 1 unspecified atom stereocenters. The molecule has 3 nitrogen and oxygen atoms in total. The Kier molecular flexibility index (Phi) is 2.11. The zero-order valence-corrected chi connectivity index (χ0v) is 7.03. The van der Waals surface area contributed by atoms with Crippen molar-refractivity contribution in [2.75, 3.05) is 0 Å². The lowest BCUT2D eigenvalue weighted by molar-refractivity contribution is -0.123. The summed E-state index contributed by atoms with van der Waals surface area (Å²) in [6.45, 7) is 0. The largest absolute Gasteiger partial charge is 0.470 e. The van der Waals surface area contributed by atoms with Gasteiger partial charge in [0.15, 0.2) is 12.5 Å². The summed E-state index contributed by atoms with van der Waals surface area (Å²) in [6, 6.07) is 0. The first-order chi connectivity index (χ1) is 5.86. The Morgan fingerprint density at radius 3 is 2.83 bits per heavy atom. The van der Waals surface area contributed by atoms with Gasteiger partial charge in [-0.15, -0.1) is 0 Å². The molecule has 12 heavy (non-hydrogen) atoms. The first-order valence-corrected chi connectivity index (χ1v) is 4.58. The minimum absolute atomic E-state index is 0.0955. The summed E-state index contributed by atoms with van der Waals surface area (Å²) in [7, 11) is 0. The van der Waals surface area contributed by atoms with Gasteiger partial charge in [0, 0.05) is 0 Å². The smallest absolute Gasteiger partial charge is 0.289 e. The molecule has 2 rings (SSSR count). The quantitative estimate of drug-likeness (QED) is 0.625. The normalized spacial score (nSPS) is 29.7. The topological polar surface area (TPSA) is 38.7 Å². The number of carbonyl (C=O) groups excluding carboxylic acids is 1. The maximum atomic E-state index is 11.0. The summed E-state index contributed by atoms with van der Waals surface area (Å²) in [4.78, 5) is 14.6. The Labute approximate surface area is 71.8 Å². The third-order valence-corrected chi connectivity index (χ3v) is 2.70. The van der Waals surface area contributed by atoms with Crippen LogP contribution in [0.5, 0.6) is 0 Å². The maximum Gasteiger partial charge on any atom is 0.289 e. The fourth-order valence-corrected chi connectivity index (χ4v) is 2.00. The van der Waals surface area contributed by atoms with E-state index in [1.807, 2.05) is 0 Å². The summed E-state index contributed by atoms with van der Waals surface area (Å²) < 4.78 is 5.09. The van der Waals surface area contributed by atoms with Gasteiger partial charge in [-0.2, -0.15) is 4.99 Å². The zero-order valence-electron chi connectivity index (χ0n) is 7.03. The molecule has 1 amide bonds. The van der Waals surface area contributed by atoms with Crippen LogP contribution in [0.2, 0.25) is 0 Å². The number of ether oxygens (including phenoxy) is 1. The van der Waals surface area contributed by atoms with Gasteiger partial charge >= 0.3 is 0 Å². The van der Waals surface area contributed by atoms with Gasteiger partial charge in [0.05, 0.1) is 0 Å². The van der Waals surface area contributed by atoms with Crippen molar-refractivity contribution >= 4 is 12.3 Å². The first-order valence-electron chi connectivity index (χ1n) is 4.58. The molecule has 0 bridgehead atoms. The molecule has 0 radical (unpaired) electrons. The summed E-state index contributed by atoms with van der Waals surface area (Å²) in [6.07, 6.45) is 7.04. The highest BCUT2D eigenvalue weighted by Gasteiger charge is 2.28. The van der Waals surface area contributed by atoms with Gasteiger partial charge in [-0.1, -0.05) is 25.7 Å². The van der Waals surface area contributed by atoms with E-state index in [-0.39, 0.29) is 12.0 Å². The Morgan fingerprint density at radius 1 is 1.50 bits per heavy atom. The molecular formula is C9H13NO2. The minimum Gasteiger partial charge on any atom is -0.470 e. The Hall–Kier alpha value is -0.860. The molecule has 1 atom stereocenters. The fraction of sp³-hybridized carbons (Fsp3) is 0.778. The van der Waals surface area contributed by atoms with Crippen molar-refractivity contribution in [1.29, 1.82) is 0 Å². The molecule has 2 aliphatic rings. The molecule has 1 aliphatic heterocycles. The van der Waals surface area contributed by atoms with Crippen molar-refractivity contribution in [2.24, 2.45) is 10.9 Å². The predicted octanol–water partition coefficient (Wildman–Crippen LogP) is 1.52. The highest BCUT2D eigenvalue weighted by molar-refractivity contribution is 5.91. The number of carbonyl (C=O) groups is 1. The van der Waals surface area contributed by atoms with Crippen molar-refractivity contribution in [3.05, 3.63) is 0 Å². The van der Waals surface area contributed by atoms with Gasteiger partial charge in [0.1, 0.15) is 0 Å². The highest BCUT2D eigenvalue weighted by atomic mass is 16.5. The van der Waals surface area contributed by atoms with Crippen molar-refractivity contribution < 1.29 is 9.53 Å². The molecule has 0 spiro atoms. The number of hydrogen-bond donors (Lipinski definition) is 0. The van der Waals surface area contributed by atoms with Crippen LogP contribution in [-0.2, 0) is 9.53 Å². The SMILES string of the molecule is O=C1N=COC1CC1CCCC1. The van der Waals surface area contributed by atoms with Crippen LogP contribution in [0.3, 0.4) is 0 Å². The van der Waals surface area contributed by atoms with Gasteiger partial charge in [-0.3, -0.25) is 4.79 Å². The number of amides is 1. The van der Waals surface area contributed by atoms with Gasteiger partial charge in [0.2, 0.25) is 0 Å². The summed E-state index contributed by atoms with van der Waals surface area (Å²) in [5.74, 6) is 0.600. The molecule has 0 aromatic carbocycles. The molecule has 1 aliphatic carbocycles. The van der Waals surface area contributed by atoms with E-state index >= 15 is 0 Å². The predicted molar refractivity (Wildman–Crippen MR) is 44.9 cm³/mol. The summed E-state index contributed by atoms with van der Waals surface area (Å²) in [5.41, 5.74) is 0. The van der Waals surface area contributed by atoms with E-state index in [0.29, 0.717) is 5.92 Å². The molecule has 1 heterocycles. The van der Waals surface area contributed by atoms with Gasteiger partial charge in [-0.25, -0.2) is 0 Å². The van der Waals surface area contributed by atoms with Crippen LogP contribution >= 0.6 is 0 Å². The van der Waals surface area contributed by atoms with Crippen LogP contribution in [0.25, 0.3) is 0 Å². The van der Waals surface area contributed by atoms with E-state index in [1.54, 1.807) is 0 Å². The fourth-order valence-electron chi connectivity index (χ4n) is 2.00. The van der Waals surface area contributed by atoms with Crippen LogP contribution in [0, 0.1) is 5.92 Å². The third-order valence-electron chi connectivity index (χ3n) is 2.70. The van der Waals surface area contributed by atoms with E-state index in [9.17, 15) is 4.79 Å². The second kappa shape index (κ2) is 3.25. The average molecular weight is 167 g/mol. The second-order valence-electron chi connectivity index (χ2n) is 3.58. The molecule has 1 fully saturated rings. The molecule has 0 aromatic heterocycles. The maximum absolute atomic E-state index is 11.0. The van der Waals surface area contributed by atoms with Crippen LogP contribution in [0.1, 0.15) is 32.1 Å². The second-order valence-corrected chi connectivity index (χ2v) is 3.58. The number of hydrogen-bond acceptors (Lipinski definition) is 2. The standard InChI is InChI=1S/C9H13NO2/c11-9-8(12-6-10-9)5-7-3-1-2-4-7/h6-8H,1-5H2. The van der Waals surface area contributed by atoms with Crippen molar-refractivity contribution in [1.82, 2.24) is 0 Å². The van der Waals surface area contributed by atoms with Crippen LogP contribution in [0.15, 0.2) is 4.99 Å². The molecule has 0 aromatic rings. The molecule has 3 heteroatoms. The zero-order chi connectivity index (χ0) is 8.39. The van der Waals surface area contributed by atoms with E-state index in [0.717, 1.165) is 6.42 Å². The lowest BCUT2D eigenvalue weighted by Crippen LogP contribution is -2.19. The lowest BCUT2D eigenvalue weighted by atomic mass is 10.00. The third kappa shape index (κ3) is 1.49. The Balaban J connectivity index is 1.82. The number of nitrogens with zero attached hydrogens (tertiary/aromatic N) is 1. The molecular weight excluding hydrogens is 154 g/mol. The first kappa shape index (κ1) is 7.77. The van der Waals surface area contributed by atoms with Gasteiger partial charge in [0.25, 0.3) is 5.91 Å². The molecule has 66 valence electrons. The molecule has 1 saturated carbocycles. The van der Waals surface area contributed by atoms with E-state index in [2.05, 4.69) is 4.99 Å². The van der Waals surface area contributed by atoms with Crippen molar-refractivity contribution in [2.45, 2.75) is 38.2 Å². The van der Waals surface area contributed by atoms with Gasteiger partial charge < -0.3 is 4.74 Å². The average Bonchev–Trinajstić information content (AvgIpc) is 2.65. The minimum atomic E-state index is -0.256. The van der Waals surface area contributed by atoms with Gasteiger partial charge in [-0.05, 0) is 12.3 Å². The monoisotopic (exact) mass is 167 g/mol. The Bertz CT molecular complexity index is 207. The van der Waals surface area contributed by atoms with Crippen LogP contribution in [0.4, 0.5) is 0 Å². The van der Waals surface area contributed by atoms with Crippen molar-refractivity contribution in [3.8, 4) is 0 Å².